The number of rotatable bonds is 6. The molecule has 0 aliphatic carbocycles. The Kier molecular flexibility index (Phi) is 5.68. The Morgan fingerprint density at radius 2 is 0.967 bits per heavy atom. The molecular weight excluding hydrogens is 374 g/mol. The van der Waals surface area contributed by atoms with Gasteiger partial charge in [0.15, 0.2) is 0 Å². The molecule has 4 heteroatoms. The predicted octanol–water partition coefficient (Wildman–Crippen LogP) is 7.10. The van der Waals surface area contributed by atoms with E-state index in [-0.39, 0.29) is 0 Å². The largest absolute Gasteiger partial charge is 0.754 e. The monoisotopic (exact) mass is 396 g/mol. The van der Waals surface area contributed by atoms with Crippen LogP contribution >= 0.6 is 0 Å². The van der Waals surface area contributed by atoms with E-state index in [4.69, 9.17) is 9.47 Å². The maximum atomic E-state index is 12.5. The van der Waals surface area contributed by atoms with E-state index in [2.05, 4.69) is 0 Å². The van der Waals surface area contributed by atoms with Gasteiger partial charge < -0.3 is 19.7 Å². The van der Waals surface area contributed by atoms with Gasteiger partial charge in [0.2, 0.25) is 0 Å². The van der Waals surface area contributed by atoms with Crippen molar-refractivity contribution < 1.29 is 9.47 Å². The van der Waals surface area contributed by atoms with Crippen LogP contribution in [0, 0.1) is 12.1 Å². The van der Waals surface area contributed by atoms with E-state index in [1.165, 1.54) is 0 Å². The highest BCUT2D eigenvalue weighted by Gasteiger charge is 2.03. The number of methoxy groups -OCH3 is 1. The third-order valence-corrected chi connectivity index (χ3v) is 4.85. The Labute approximate surface area is 176 Å². The summed E-state index contributed by atoms with van der Waals surface area (Å²) in [5, 5.41) is 13.4. The first-order valence-corrected chi connectivity index (χ1v) is 9.69. The SMILES string of the molecule is COc1ccc(-c2ccc(Oc3ccc(N([O-])c4ccc(C)cc4)cc3)cc2)cc1. The van der Waals surface area contributed by atoms with E-state index in [1.54, 1.807) is 31.4 Å². The van der Waals surface area contributed by atoms with Gasteiger partial charge in [-0.25, -0.2) is 0 Å². The van der Waals surface area contributed by atoms with E-state index in [0.717, 1.165) is 33.3 Å². The van der Waals surface area contributed by atoms with Crippen LogP contribution in [0.4, 0.5) is 11.4 Å². The zero-order valence-corrected chi connectivity index (χ0v) is 16.9. The van der Waals surface area contributed by atoms with Gasteiger partial charge in [-0.3, -0.25) is 0 Å². The molecule has 4 aromatic carbocycles. The molecule has 0 saturated carbocycles. The molecular formula is C26H22NO3-. The van der Waals surface area contributed by atoms with E-state index in [1.807, 2.05) is 79.7 Å². The average molecular weight is 396 g/mol. The number of aryl methyl sites for hydroxylation is 1. The summed E-state index contributed by atoms with van der Waals surface area (Å²) in [5.74, 6) is 2.24. The lowest BCUT2D eigenvalue weighted by Crippen LogP contribution is -2.06. The van der Waals surface area contributed by atoms with Gasteiger partial charge in [-0.15, -0.1) is 0 Å². The molecule has 150 valence electrons. The number of ether oxygens (including phenoxy) is 2. The van der Waals surface area contributed by atoms with Crippen LogP contribution in [0.15, 0.2) is 97.1 Å². The number of hydrogen-bond acceptors (Lipinski definition) is 4. The third-order valence-electron chi connectivity index (χ3n) is 4.85. The summed E-state index contributed by atoms with van der Waals surface area (Å²) in [6.07, 6.45) is 0. The van der Waals surface area contributed by atoms with Crippen LogP contribution in [-0.2, 0) is 0 Å². The van der Waals surface area contributed by atoms with Crippen molar-refractivity contribution in [2.45, 2.75) is 6.92 Å². The Morgan fingerprint density at radius 1 is 0.567 bits per heavy atom. The molecule has 4 aromatic rings. The zero-order valence-electron chi connectivity index (χ0n) is 16.9. The molecule has 0 heterocycles. The Bertz CT molecular complexity index is 1090. The van der Waals surface area contributed by atoms with Gasteiger partial charge in [0.1, 0.15) is 17.2 Å². The van der Waals surface area contributed by atoms with Gasteiger partial charge >= 0.3 is 0 Å². The lowest BCUT2D eigenvalue weighted by atomic mass is 10.1. The molecule has 0 fully saturated rings. The molecule has 0 unspecified atom stereocenters. The highest BCUT2D eigenvalue weighted by Crippen LogP contribution is 2.30. The number of hydrogen-bond donors (Lipinski definition) is 0. The van der Waals surface area contributed by atoms with Crippen molar-refractivity contribution in [3.05, 3.63) is 108 Å². The molecule has 0 saturated heterocycles. The second-order valence-electron chi connectivity index (χ2n) is 6.98. The minimum atomic E-state index is 0.557. The van der Waals surface area contributed by atoms with E-state index in [0.29, 0.717) is 17.1 Å². The van der Waals surface area contributed by atoms with Crippen LogP contribution in [0.2, 0.25) is 0 Å². The average Bonchev–Trinajstić information content (AvgIpc) is 2.80. The summed E-state index contributed by atoms with van der Waals surface area (Å²) in [4.78, 5) is 0. The van der Waals surface area contributed by atoms with E-state index < -0.39 is 0 Å². The Hall–Kier alpha value is -3.76. The molecule has 0 aliphatic heterocycles. The minimum absolute atomic E-state index is 0.557. The second kappa shape index (κ2) is 8.72. The summed E-state index contributed by atoms with van der Waals surface area (Å²) >= 11 is 0. The smallest absolute Gasteiger partial charge is 0.127 e. The van der Waals surface area contributed by atoms with Crippen molar-refractivity contribution in [3.8, 4) is 28.4 Å². The van der Waals surface area contributed by atoms with Crippen LogP contribution in [0.3, 0.4) is 0 Å². The molecule has 0 aliphatic rings. The normalized spacial score (nSPS) is 10.5. The summed E-state index contributed by atoms with van der Waals surface area (Å²) < 4.78 is 11.1. The standard InChI is InChI=1S/C26H22NO3/c1-19-3-9-22(10-4-19)27(28)23-11-17-26(18-12-23)30-25-15-7-21(8-16-25)20-5-13-24(29-2)14-6-20/h3-18H,1-2H3/q-1. The first-order valence-electron chi connectivity index (χ1n) is 9.69. The summed E-state index contributed by atoms with van der Waals surface area (Å²) in [6.45, 7) is 1.99. The van der Waals surface area contributed by atoms with Crippen LogP contribution < -0.4 is 14.5 Å². The number of nitrogens with zero attached hydrogens (tertiary/aromatic N) is 1. The van der Waals surface area contributed by atoms with E-state index in [9.17, 15) is 5.21 Å². The molecule has 0 N–H and O–H groups in total. The maximum Gasteiger partial charge on any atom is 0.127 e. The summed E-state index contributed by atoms with van der Waals surface area (Å²) in [5.41, 5.74) is 4.48. The molecule has 0 aromatic heterocycles. The van der Waals surface area contributed by atoms with Crippen molar-refractivity contribution in [1.29, 1.82) is 0 Å². The van der Waals surface area contributed by atoms with Crippen molar-refractivity contribution in [3.63, 3.8) is 0 Å². The van der Waals surface area contributed by atoms with Gasteiger partial charge in [0, 0.05) is 11.4 Å². The van der Waals surface area contributed by atoms with Crippen LogP contribution in [0.5, 0.6) is 17.2 Å². The fourth-order valence-corrected chi connectivity index (χ4v) is 3.11. The third kappa shape index (κ3) is 4.45. The molecule has 0 bridgehead atoms. The molecule has 0 radical (unpaired) electrons. The number of benzene rings is 4. The predicted molar refractivity (Wildman–Crippen MR) is 122 cm³/mol. The second-order valence-corrected chi connectivity index (χ2v) is 6.98. The first-order chi connectivity index (χ1) is 14.6. The van der Waals surface area contributed by atoms with Gasteiger partial charge in [0.05, 0.1) is 7.11 Å². The van der Waals surface area contributed by atoms with Gasteiger partial charge in [-0.05, 0) is 78.7 Å². The van der Waals surface area contributed by atoms with E-state index >= 15 is 0 Å². The quantitative estimate of drug-likeness (QED) is 0.326. The van der Waals surface area contributed by atoms with Crippen LogP contribution in [0.25, 0.3) is 11.1 Å². The Morgan fingerprint density at radius 3 is 1.43 bits per heavy atom. The van der Waals surface area contributed by atoms with Crippen molar-refractivity contribution >= 4 is 11.4 Å². The molecule has 0 amide bonds. The molecule has 4 rings (SSSR count). The van der Waals surface area contributed by atoms with Gasteiger partial charge in [0.25, 0.3) is 0 Å². The summed E-state index contributed by atoms with van der Waals surface area (Å²) in [6, 6.07) is 30.4. The summed E-state index contributed by atoms with van der Waals surface area (Å²) in [7, 11) is 1.66. The van der Waals surface area contributed by atoms with Crippen LogP contribution in [-0.4, -0.2) is 7.11 Å². The fraction of sp³-hybridized carbons (Fsp3) is 0.0769. The maximum absolute atomic E-state index is 12.5. The number of anilines is 2. The fourth-order valence-electron chi connectivity index (χ4n) is 3.11. The van der Waals surface area contributed by atoms with Crippen molar-refractivity contribution in [2.75, 3.05) is 12.2 Å². The highest BCUT2D eigenvalue weighted by atomic mass is 16.5. The molecule has 0 spiro atoms. The minimum Gasteiger partial charge on any atom is -0.754 e. The first kappa shape index (κ1) is 19.6. The van der Waals surface area contributed by atoms with Crippen LogP contribution in [0.1, 0.15) is 5.56 Å². The zero-order chi connectivity index (χ0) is 20.9. The topological polar surface area (TPSA) is 44.8 Å². The lowest BCUT2D eigenvalue weighted by Gasteiger charge is -2.31. The molecule has 30 heavy (non-hydrogen) atoms. The molecule has 0 atom stereocenters. The Balaban J connectivity index is 1.43. The molecule has 4 nitrogen and oxygen atoms in total. The highest BCUT2D eigenvalue weighted by molar-refractivity contribution is 5.66. The van der Waals surface area contributed by atoms with Gasteiger partial charge in [-0.1, -0.05) is 42.0 Å². The van der Waals surface area contributed by atoms with Crippen molar-refractivity contribution in [1.82, 2.24) is 0 Å². The van der Waals surface area contributed by atoms with Crippen molar-refractivity contribution in [2.24, 2.45) is 0 Å². The lowest BCUT2D eigenvalue weighted by molar-refractivity contribution is 0.415. The van der Waals surface area contributed by atoms with Gasteiger partial charge in [-0.2, -0.15) is 0 Å².